The minimum atomic E-state index is -3.51. The molecule has 1 aliphatic rings. The van der Waals surface area contributed by atoms with Gasteiger partial charge in [0.25, 0.3) is 5.91 Å². The van der Waals surface area contributed by atoms with Gasteiger partial charge >= 0.3 is 0 Å². The Labute approximate surface area is 184 Å². The highest BCUT2D eigenvalue weighted by Gasteiger charge is 2.28. The van der Waals surface area contributed by atoms with Crippen molar-refractivity contribution in [3.8, 4) is 10.6 Å². The number of thiazole rings is 1. The molecule has 0 aliphatic carbocycles. The highest BCUT2D eigenvalue weighted by molar-refractivity contribution is 7.89. The number of nitrogens with one attached hydrogen (secondary N) is 1. The van der Waals surface area contributed by atoms with Crippen LogP contribution in [0, 0.1) is 12.8 Å². The fourth-order valence-electron chi connectivity index (χ4n) is 3.53. The Morgan fingerprint density at radius 2 is 2.00 bits per heavy atom. The molecule has 0 saturated carbocycles. The van der Waals surface area contributed by atoms with Gasteiger partial charge in [-0.3, -0.25) is 4.79 Å². The number of aromatic nitrogens is 1. The van der Waals surface area contributed by atoms with Gasteiger partial charge in [-0.2, -0.15) is 15.6 Å². The van der Waals surface area contributed by atoms with Crippen molar-refractivity contribution in [2.45, 2.75) is 31.6 Å². The predicted octanol–water partition coefficient (Wildman–Crippen LogP) is 4.85. The van der Waals surface area contributed by atoms with Crippen LogP contribution in [0.4, 0.5) is 5.69 Å². The summed E-state index contributed by atoms with van der Waals surface area (Å²) in [6.45, 7) is 5.00. The van der Waals surface area contributed by atoms with E-state index >= 15 is 0 Å². The highest BCUT2D eigenvalue weighted by Crippen LogP contribution is 2.30. The van der Waals surface area contributed by atoms with Crippen LogP contribution in [0.5, 0.6) is 0 Å². The van der Waals surface area contributed by atoms with Crippen molar-refractivity contribution in [1.82, 2.24) is 9.29 Å². The predicted molar refractivity (Wildman–Crippen MR) is 122 cm³/mol. The number of sulfonamides is 1. The SMILES string of the molecule is Cc1nc(-c2ccsc2)sc1C(=O)Nc1ccc(S(=O)(=O)N2CCCC(C)C2)cc1. The number of aryl methyl sites for hydroxylation is 1. The lowest BCUT2D eigenvalue weighted by molar-refractivity contribution is 0.103. The van der Waals surface area contributed by atoms with Crippen molar-refractivity contribution in [2.24, 2.45) is 5.92 Å². The van der Waals surface area contributed by atoms with Crippen LogP contribution in [0.15, 0.2) is 46.0 Å². The van der Waals surface area contributed by atoms with Crippen LogP contribution in [-0.2, 0) is 10.0 Å². The van der Waals surface area contributed by atoms with Crippen molar-refractivity contribution in [2.75, 3.05) is 18.4 Å². The van der Waals surface area contributed by atoms with Crippen LogP contribution in [0.2, 0.25) is 0 Å². The largest absolute Gasteiger partial charge is 0.321 e. The molecule has 1 N–H and O–H groups in total. The van der Waals surface area contributed by atoms with Crippen LogP contribution in [0.3, 0.4) is 0 Å². The van der Waals surface area contributed by atoms with E-state index in [1.807, 2.05) is 23.8 Å². The van der Waals surface area contributed by atoms with Gasteiger partial charge in [0.1, 0.15) is 9.88 Å². The molecule has 1 unspecified atom stereocenters. The van der Waals surface area contributed by atoms with Crippen LogP contribution in [0.25, 0.3) is 10.6 Å². The Bertz CT molecular complexity index is 1140. The molecule has 1 amide bonds. The first kappa shape index (κ1) is 21.2. The van der Waals surface area contributed by atoms with Crippen molar-refractivity contribution < 1.29 is 13.2 Å². The molecular weight excluding hydrogens is 438 g/mol. The number of benzene rings is 1. The topological polar surface area (TPSA) is 79.4 Å². The quantitative estimate of drug-likeness (QED) is 0.589. The summed E-state index contributed by atoms with van der Waals surface area (Å²) in [6.07, 6.45) is 1.94. The third-order valence-electron chi connectivity index (χ3n) is 5.14. The molecule has 3 heterocycles. The second-order valence-corrected chi connectivity index (χ2v) is 11.3. The number of carbonyl (C=O) groups excluding carboxylic acids is 1. The maximum atomic E-state index is 12.9. The number of thiophene rings is 1. The molecule has 9 heteroatoms. The van der Waals surface area contributed by atoms with Crippen LogP contribution >= 0.6 is 22.7 Å². The number of hydrogen-bond acceptors (Lipinski definition) is 6. The molecule has 1 atom stereocenters. The van der Waals surface area contributed by atoms with E-state index in [9.17, 15) is 13.2 Å². The first-order chi connectivity index (χ1) is 14.3. The Balaban J connectivity index is 1.48. The zero-order valence-electron chi connectivity index (χ0n) is 16.8. The van der Waals surface area contributed by atoms with Crippen LogP contribution in [0.1, 0.15) is 35.1 Å². The zero-order valence-corrected chi connectivity index (χ0v) is 19.2. The molecule has 4 rings (SSSR count). The standard InChI is InChI=1S/C21H23N3O3S3/c1-14-4-3-10-24(12-14)30(26,27)18-7-5-17(6-8-18)23-20(25)19-15(2)22-21(29-19)16-9-11-28-13-16/h5-9,11,13-14H,3-4,10,12H2,1-2H3,(H,23,25). The van der Waals surface area contributed by atoms with E-state index in [-0.39, 0.29) is 10.8 Å². The van der Waals surface area contributed by atoms with Gasteiger partial charge in [0.05, 0.1) is 10.6 Å². The number of piperidine rings is 1. The van der Waals surface area contributed by atoms with Gasteiger partial charge in [-0.1, -0.05) is 6.92 Å². The van der Waals surface area contributed by atoms with Gasteiger partial charge < -0.3 is 5.32 Å². The van der Waals surface area contributed by atoms with Gasteiger partial charge in [-0.15, -0.1) is 11.3 Å². The number of amides is 1. The molecule has 0 bridgehead atoms. The second kappa shape index (κ2) is 8.58. The van der Waals surface area contributed by atoms with Gasteiger partial charge in [0.15, 0.2) is 0 Å². The van der Waals surface area contributed by atoms with Gasteiger partial charge in [-0.05, 0) is 61.4 Å². The molecule has 0 radical (unpaired) electrons. The first-order valence-corrected chi connectivity index (χ1v) is 13.0. The number of hydrogen-bond donors (Lipinski definition) is 1. The Morgan fingerprint density at radius 1 is 1.23 bits per heavy atom. The summed E-state index contributed by atoms with van der Waals surface area (Å²) in [4.78, 5) is 18.0. The van der Waals surface area contributed by atoms with E-state index < -0.39 is 10.0 Å². The fourth-order valence-corrected chi connectivity index (χ4v) is 6.80. The maximum Gasteiger partial charge on any atom is 0.267 e. The van der Waals surface area contributed by atoms with Crippen molar-refractivity contribution in [3.63, 3.8) is 0 Å². The minimum Gasteiger partial charge on any atom is -0.321 e. The molecule has 30 heavy (non-hydrogen) atoms. The van der Waals surface area contributed by atoms with Gasteiger partial charge in [-0.25, -0.2) is 13.4 Å². The van der Waals surface area contributed by atoms with Crippen molar-refractivity contribution in [1.29, 1.82) is 0 Å². The maximum absolute atomic E-state index is 12.9. The summed E-state index contributed by atoms with van der Waals surface area (Å²) >= 11 is 2.94. The van der Waals surface area contributed by atoms with E-state index in [4.69, 9.17) is 0 Å². The second-order valence-electron chi connectivity index (χ2n) is 7.53. The lowest BCUT2D eigenvalue weighted by Crippen LogP contribution is -2.39. The normalized spacial score (nSPS) is 17.7. The summed E-state index contributed by atoms with van der Waals surface area (Å²) in [6, 6.07) is 8.36. The van der Waals surface area contributed by atoms with Crippen LogP contribution in [-0.4, -0.2) is 36.7 Å². The molecular formula is C21H23N3O3S3. The average molecular weight is 462 g/mol. The van der Waals surface area contributed by atoms with E-state index in [1.54, 1.807) is 39.9 Å². The highest BCUT2D eigenvalue weighted by atomic mass is 32.2. The number of carbonyl (C=O) groups is 1. The van der Waals surface area contributed by atoms with Crippen molar-refractivity contribution >= 4 is 44.3 Å². The molecule has 2 aromatic heterocycles. The summed E-state index contributed by atoms with van der Waals surface area (Å²) in [5.41, 5.74) is 2.24. The summed E-state index contributed by atoms with van der Waals surface area (Å²) in [5, 5.41) is 7.64. The van der Waals surface area contributed by atoms with Crippen LogP contribution < -0.4 is 5.32 Å². The third kappa shape index (κ3) is 4.34. The smallest absolute Gasteiger partial charge is 0.267 e. The molecule has 158 valence electrons. The van der Waals surface area contributed by atoms with E-state index in [1.165, 1.54) is 11.3 Å². The zero-order chi connectivity index (χ0) is 21.3. The summed E-state index contributed by atoms with van der Waals surface area (Å²) in [7, 11) is -3.51. The number of nitrogens with zero attached hydrogens (tertiary/aromatic N) is 2. The monoisotopic (exact) mass is 461 g/mol. The number of rotatable bonds is 5. The fraction of sp³-hybridized carbons (Fsp3) is 0.333. The van der Waals surface area contributed by atoms with E-state index in [0.29, 0.717) is 35.3 Å². The molecule has 1 fully saturated rings. The lowest BCUT2D eigenvalue weighted by atomic mass is 10.0. The minimum absolute atomic E-state index is 0.244. The lowest BCUT2D eigenvalue weighted by Gasteiger charge is -2.30. The molecule has 0 spiro atoms. The molecule has 1 aromatic carbocycles. The van der Waals surface area contributed by atoms with E-state index in [0.717, 1.165) is 23.4 Å². The number of anilines is 1. The van der Waals surface area contributed by atoms with Gasteiger partial charge in [0.2, 0.25) is 10.0 Å². The van der Waals surface area contributed by atoms with E-state index in [2.05, 4.69) is 17.2 Å². The third-order valence-corrected chi connectivity index (χ3v) is 8.91. The average Bonchev–Trinajstić information content (AvgIpc) is 3.38. The Kier molecular flexibility index (Phi) is 6.06. The molecule has 3 aromatic rings. The molecule has 1 aliphatic heterocycles. The molecule has 6 nitrogen and oxygen atoms in total. The van der Waals surface area contributed by atoms with Crippen molar-refractivity contribution in [3.05, 3.63) is 51.7 Å². The molecule has 1 saturated heterocycles. The van der Waals surface area contributed by atoms with Gasteiger partial charge in [0, 0.05) is 29.7 Å². The Morgan fingerprint density at radius 3 is 2.67 bits per heavy atom. The Hall–Kier alpha value is -2.07. The summed E-state index contributed by atoms with van der Waals surface area (Å²) in [5.74, 6) is 0.126. The first-order valence-electron chi connectivity index (χ1n) is 9.76. The summed E-state index contributed by atoms with van der Waals surface area (Å²) < 4.78 is 27.3.